The maximum atomic E-state index is 12.8. The number of nitrogens with one attached hydrogen (secondary N) is 1. The van der Waals surface area contributed by atoms with Gasteiger partial charge in [-0.2, -0.15) is 4.39 Å². The van der Waals surface area contributed by atoms with Crippen LogP contribution in [-0.4, -0.2) is 9.97 Å². The lowest BCUT2D eigenvalue weighted by atomic mass is 10.3. The van der Waals surface area contributed by atoms with Crippen LogP contribution in [0.15, 0.2) is 18.5 Å². The third-order valence-electron chi connectivity index (χ3n) is 1.51. The van der Waals surface area contributed by atoms with Crippen molar-refractivity contribution >= 4 is 22.5 Å². The predicted molar refractivity (Wildman–Crippen MR) is 41.1 cm³/mol. The van der Waals surface area contributed by atoms with Crippen molar-refractivity contribution in [2.24, 2.45) is 0 Å². The molecular formula is C7H4ClFN2. The van der Waals surface area contributed by atoms with E-state index in [9.17, 15) is 4.39 Å². The third kappa shape index (κ3) is 0.886. The van der Waals surface area contributed by atoms with E-state index in [2.05, 4.69) is 9.97 Å². The van der Waals surface area contributed by atoms with Crippen LogP contribution in [0.5, 0.6) is 0 Å². The zero-order chi connectivity index (χ0) is 7.84. The van der Waals surface area contributed by atoms with E-state index in [-0.39, 0.29) is 0 Å². The predicted octanol–water partition coefficient (Wildman–Crippen LogP) is 2.36. The van der Waals surface area contributed by atoms with Gasteiger partial charge in [-0.15, -0.1) is 0 Å². The van der Waals surface area contributed by atoms with Crippen molar-refractivity contribution in [3.63, 3.8) is 0 Å². The summed E-state index contributed by atoms with van der Waals surface area (Å²) in [4.78, 5) is 6.15. The first-order chi connectivity index (χ1) is 5.29. The van der Waals surface area contributed by atoms with Crippen LogP contribution < -0.4 is 0 Å². The van der Waals surface area contributed by atoms with E-state index in [0.717, 1.165) is 0 Å². The first-order valence-electron chi connectivity index (χ1n) is 3.06. The minimum atomic E-state index is -0.519. The molecule has 2 nitrogen and oxygen atoms in total. The lowest BCUT2D eigenvalue weighted by Gasteiger charge is -1.89. The Bertz CT molecular complexity index is 396. The van der Waals surface area contributed by atoms with Gasteiger partial charge in [0.1, 0.15) is 5.52 Å². The lowest BCUT2D eigenvalue weighted by molar-refractivity contribution is 0.594. The normalized spacial score (nSPS) is 10.7. The molecule has 0 amide bonds. The molecule has 0 unspecified atom stereocenters. The molecule has 1 N–H and O–H groups in total. The minimum absolute atomic E-state index is 0.359. The molecule has 2 aromatic heterocycles. The minimum Gasteiger partial charge on any atom is -0.356 e. The first kappa shape index (κ1) is 6.61. The van der Waals surface area contributed by atoms with Crippen molar-refractivity contribution in [2.45, 2.75) is 0 Å². The summed E-state index contributed by atoms with van der Waals surface area (Å²) in [6, 6.07) is 1.66. The number of pyridine rings is 1. The SMILES string of the molecule is Fc1nccc2c(Cl)c[nH]c12. The van der Waals surface area contributed by atoms with Gasteiger partial charge in [-0.05, 0) is 6.07 Å². The molecule has 0 radical (unpaired) electrons. The highest BCUT2D eigenvalue weighted by Crippen LogP contribution is 2.22. The Hall–Kier alpha value is -1.09. The number of rotatable bonds is 0. The standard InChI is InChI=1S/C7H4ClFN2/c8-5-3-11-6-4(5)1-2-10-7(6)9/h1-3,11H. The zero-order valence-electron chi connectivity index (χ0n) is 5.44. The molecule has 0 saturated heterocycles. The molecule has 56 valence electrons. The van der Waals surface area contributed by atoms with Gasteiger partial charge in [-0.3, -0.25) is 0 Å². The Kier molecular flexibility index (Phi) is 1.32. The van der Waals surface area contributed by atoms with Gasteiger partial charge >= 0.3 is 0 Å². The van der Waals surface area contributed by atoms with E-state index in [1.165, 1.54) is 12.4 Å². The van der Waals surface area contributed by atoms with E-state index in [0.29, 0.717) is 15.9 Å². The van der Waals surface area contributed by atoms with Gasteiger partial charge in [-0.25, -0.2) is 4.98 Å². The van der Waals surface area contributed by atoms with Crippen molar-refractivity contribution in [1.82, 2.24) is 9.97 Å². The molecule has 0 fully saturated rings. The Balaban J connectivity index is 2.94. The van der Waals surface area contributed by atoms with E-state index in [4.69, 9.17) is 11.6 Å². The van der Waals surface area contributed by atoms with Gasteiger partial charge < -0.3 is 4.98 Å². The first-order valence-corrected chi connectivity index (χ1v) is 3.44. The fraction of sp³-hybridized carbons (Fsp3) is 0. The molecule has 11 heavy (non-hydrogen) atoms. The number of fused-ring (bicyclic) bond motifs is 1. The quantitative estimate of drug-likeness (QED) is 0.604. The maximum Gasteiger partial charge on any atom is 0.237 e. The van der Waals surface area contributed by atoms with Crippen molar-refractivity contribution in [3.8, 4) is 0 Å². The molecule has 0 atom stereocenters. The highest BCUT2D eigenvalue weighted by atomic mass is 35.5. The van der Waals surface area contributed by atoms with Crippen LogP contribution in [0, 0.1) is 5.95 Å². The van der Waals surface area contributed by atoms with E-state index < -0.39 is 5.95 Å². The summed E-state index contributed by atoms with van der Waals surface area (Å²) in [6.45, 7) is 0. The summed E-state index contributed by atoms with van der Waals surface area (Å²) in [5.74, 6) is -0.519. The molecule has 2 heterocycles. The van der Waals surface area contributed by atoms with Crippen LogP contribution >= 0.6 is 11.6 Å². The fourth-order valence-electron chi connectivity index (χ4n) is 0.986. The average molecular weight is 171 g/mol. The molecule has 0 saturated carbocycles. The molecule has 0 aliphatic rings. The van der Waals surface area contributed by atoms with Gasteiger partial charge in [0.25, 0.3) is 0 Å². The van der Waals surface area contributed by atoms with E-state index in [1.54, 1.807) is 6.07 Å². The molecule has 0 aliphatic heterocycles. The maximum absolute atomic E-state index is 12.8. The number of hydrogen-bond donors (Lipinski definition) is 1. The molecule has 2 aromatic rings. The summed E-state index contributed by atoms with van der Waals surface area (Å²) in [7, 11) is 0. The highest BCUT2D eigenvalue weighted by molar-refractivity contribution is 6.35. The van der Waals surface area contributed by atoms with Crippen molar-refractivity contribution in [3.05, 3.63) is 29.4 Å². The van der Waals surface area contributed by atoms with Crippen molar-refractivity contribution in [2.75, 3.05) is 0 Å². The summed E-state index contributed by atoms with van der Waals surface area (Å²) in [5.41, 5.74) is 0.359. The molecular weight excluding hydrogens is 167 g/mol. The van der Waals surface area contributed by atoms with Gasteiger partial charge in [0, 0.05) is 17.8 Å². The number of H-pyrrole nitrogens is 1. The average Bonchev–Trinajstić information content (AvgIpc) is 2.35. The number of halogens is 2. The Labute approximate surface area is 67.0 Å². The van der Waals surface area contributed by atoms with Crippen molar-refractivity contribution in [1.29, 1.82) is 0 Å². The highest BCUT2D eigenvalue weighted by Gasteiger charge is 2.04. The summed E-state index contributed by atoms with van der Waals surface area (Å²) < 4.78 is 12.8. The molecule has 0 aromatic carbocycles. The summed E-state index contributed by atoms with van der Waals surface area (Å²) in [5, 5.41) is 1.18. The number of nitrogens with zero attached hydrogens (tertiary/aromatic N) is 1. The van der Waals surface area contributed by atoms with Crippen LogP contribution in [0.2, 0.25) is 5.02 Å². The Morgan fingerprint density at radius 1 is 1.55 bits per heavy atom. The molecule has 0 bridgehead atoms. The van der Waals surface area contributed by atoms with Crippen LogP contribution in [0.25, 0.3) is 10.9 Å². The van der Waals surface area contributed by atoms with Crippen LogP contribution in [-0.2, 0) is 0 Å². The van der Waals surface area contributed by atoms with Crippen molar-refractivity contribution < 1.29 is 4.39 Å². The summed E-state index contributed by atoms with van der Waals surface area (Å²) in [6.07, 6.45) is 2.92. The Morgan fingerprint density at radius 3 is 3.09 bits per heavy atom. The monoisotopic (exact) mass is 170 g/mol. The van der Waals surface area contributed by atoms with Crippen LogP contribution in [0.3, 0.4) is 0 Å². The number of hydrogen-bond acceptors (Lipinski definition) is 1. The number of aromatic amines is 1. The second-order valence-electron chi connectivity index (χ2n) is 2.16. The molecule has 2 rings (SSSR count). The lowest BCUT2D eigenvalue weighted by Crippen LogP contribution is -1.81. The van der Waals surface area contributed by atoms with Gasteiger partial charge in [0.15, 0.2) is 0 Å². The summed E-state index contributed by atoms with van der Waals surface area (Å²) >= 11 is 5.72. The van der Waals surface area contributed by atoms with Gasteiger partial charge in [-0.1, -0.05) is 11.6 Å². The number of aromatic nitrogens is 2. The second-order valence-corrected chi connectivity index (χ2v) is 2.57. The molecule has 4 heteroatoms. The third-order valence-corrected chi connectivity index (χ3v) is 1.82. The van der Waals surface area contributed by atoms with E-state index >= 15 is 0 Å². The fourth-order valence-corrected chi connectivity index (χ4v) is 1.20. The van der Waals surface area contributed by atoms with Gasteiger partial charge in [0.2, 0.25) is 5.95 Å². The Morgan fingerprint density at radius 2 is 2.36 bits per heavy atom. The topological polar surface area (TPSA) is 28.7 Å². The zero-order valence-corrected chi connectivity index (χ0v) is 6.19. The van der Waals surface area contributed by atoms with E-state index in [1.807, 2.05) is 0 Å². The molecule has 0 spiro atoms. The van der Waals surface area contributed by atoms with Gasteiger partial charge in [0.05, 0.1) is 5.02 Å². The molecule has 0 aliphatic carbocycles. The van der Waals surface area contributed by atoms with Crippen LogP contribution in [0.1, 0.15) is 0 Å². The van der Waals surface area contributed by atoms with Crippen LogP contribution in [0.4, 0.5) is 4.39 Å². The smallest absolute Gasteiger partial charge is 0.237 e. The second kappa shape index (κ2) is 2.20. The largest absolute Gasteiger partial charge is 0.356 e.